The van der Waals surface area contributed by atoms with E-state index in [1.165, 1.54) is 51.4 Å². The van der Waals surface area contributed by atoms with Gasteiger partial charge in [0.25, 0.3) is 0 Å². The largest absolute Gasteiger partial charge is 1.00 e. The van der Waals surface area contributed by atoms with E-state index in [0.29, 0.717) is 10.8 Å². The van der Waals surface area contributed by atoms with Crippen molar-refractivity contribution in [3.8, 4) is 0 Å². The zero-order chi connectivity index (χ0) is 19.1. The molecule has 4 bridgehead atoms. The number of rotatable bonds is 0. The molecule has 0 saturated heterocycles. The van der Waals surface area contributed by atoms with E-state index in [1.54, 1.807) is 0 Å². The summed E-state index contributed by atoms with van der Waals surface area (Å²) in [6, 6.07) is 0. The molecule has 2 atom stereocenters. The van der Waals surface area contributed by atoms with Crippen LogP contribution in [0.5, 0.6) is 0 Å². The molecule has 1 heterocycles. The van der Waals surface area contributed by atoms with Gasteiger partial charge in [-0.25, -0.2) is 0 Å². The van der Waals surface area contributed by atoms with E-state index in [0.717, 1.165) is 7.25 Å². The Kier molecular flexibility index (Phi) is 6.71. The Bertz CT molecular complexity index is 780. The fraction of sp³-hybridized carbons (Fsp3) is 0.692. The zero-order valence-corrected chi connectivity index (χ0v) is 23.0. The van der Waals surface area contributed by atoms with Crippen molar-refractivity contribution in [2.45, 2.75) is 100 Å². The summed E-state index contributed by atoms with van der Waals surface area (Å²) in [6.45, 7) is 15.2. The molecule has 0 amide bonds. The monoisotopic (exact) mass is 508 g/mol. The molecule has 1 aliphatic heterocycles. The first-order valence-corrected chi connectivity index (χ1v) is 14.2. The minimum absolute atomic E-state index is 0. The average molecular weight is 511 g/mol. The fourth-order valence-corrected chi connectivity index (χ4v) is 12.7. The first-order chi connectivity index (χ1) is 12.7. The number of fused-ring (bicyclic) bond motifs is 6. The zero-order valence-electron chi connectivity index (χ0n) is 19.1. The average Bonchev–Trinajstić information content (AvgIpc) is 3.01. The maximum Gasteiger partial charge on any atom is -1.00 e. The van der Waals surface area contributed by atoms with Crippen LogP contribution in [0.4, 0.5) is 0 Å². The van der Waals surface area contributed by atoms with Crippen molar-refractivity contribution >= 4 is 0 Å². The third-order valence-corrected chi connectivity index (χ3v) is 14.0. The Labute approximate surface area is 202 Å². The van der Waals surface area contributed by atoms with Crippen molar-refractivity contribution < 1.29 is 48.0 Å². The summed E-state index contributed by atoms with van der Waals surface area (Å²) in [5, 5.41) is 0. The van der Waals surface area contributed by atoms with Crippen molar-refractivity contribution in [2.24, 2.45) is 10.8 Å². The van der Waals surface area contributed by atoms with E-state index in [-0.39, 0.29) is 24.8 Å². The van der Waals surface area contributed by atoms with E-state index < -0.39 is 23.2 Å². The smallest absolute Gasteiger partial charge is 1.00 e. The van der Waals surface area contributed by atoms with Gasteiger partial charge in [-0.05, 0) is 0 Å². The van der Waals surface area contributed by atoms with Crippen LogP contribution in [0.15, 0.2) is 44.6 Å². The molecule has 0 radical (unpaired) electrons. The molecular formula is C26H36Cl2Zr. The Hall–Kier alpha value is 0.423. The van der Waals surface area contributed by atoms with Gasteiger partial charge in [-0.1, -0.05) is 0 Å². The van der Waals surface area contributed by atoms with Crippen molar-refractivity contribution in [1.82, 2.24) is 0 Å². The van der Waals surface area contributed by atoms with E-state index in [1.807, 2.05) is 44.6 Å². The van der Waals surface area contributed by atoms with E-state index >= 15 is 0 Å². The predicted octanol–water partition coefficient (Wildman–Crippen LogP) is 2.12. The van der Waals surface area contributed by atoms with Crippen LogP contribution in [-0.2, 0) is 23.2 Å². The van der Waals surface area contributed by atoms with Gasteiger partial charge in [-0.3, -0.25) is 0 Å². The van der Waals surface area contributed by atoms with Crippen LogP contribution in [0.2, 0.25) is 7.25 Å². The van der Waals surface area contributed by atoms with Crippen LogP contribution < -0.4 is 24.8 Å². The Morgan fingerprint density at radius 2 is 1.03 bits per heavy atom. The standard InChI is InChI=1S/C26H36.2ClH.Zr/c1-17-15-19-9-7-13-25(3,4)23(19)21(17)11-12-22-18(2)16-20-10-8-14-26(5,6)24(20)22;;;/h15-16H,7-14H2,1-6H3;2*1H;/q;;;+2/p-2. The van der Waals surface area contributed by atoms with Gasteiger partial charge in [0.05, 0.1) is 0 Å². The molecule has 3 heteroatoms. The number of hydrogen-bond donors (Lipinski definition) is 0. The topological polar surface area (TPSA) is 0 Å². The van der Waals surface area contributed by atoms with Crippen molar-refractivity contribution in [3.63, 3.8) is 0 Å². The number of allylic oxidation sites excluding steroid dienone is 8. The fourth-order valence-electron chi connectivity index (χ4n) is 7.37. The van der Waals surface area contributed by atoms with E-state index in [9.17, 15) is 0 Å². The summed E-state index contributed by atoms with van der Waals surface area (Å²) >= 11 is -0.569. The van der Waals surface area contributed by atoms with Crippen LogP contribution in [-0.4, -0.2) is 0 Å². The van der Waals surface area contributed by atoms with Gasteiger partial charge in [-0.2, -0.15) is 0 Å². The van der Waals surface area contributed by atoms with Gasteiger partial charge in [0.2, 0.25) is 0 Å². The summed E-state index contributed by atoms with van der Waals surface area (Å²) in [4.78, 5) is 0. The van der Waals surface area contributed by atoms with Gasteiger partial charge in [0, 0.05) is 0 Å². The van der Waals surface area contributed by atoms with Gasteiger partial charge in [0.1, 0.15) is 0 Å². The van der Waals surface area contributed by atoms with Crippen molar-refractivity contribution in [2.75, 3.05) is 0 Å². The molecule has 0 aromatic heterocycles. The predicted molar refractivity (Wildman–Crippen MR) is 111 cm³/mol. The van der Waals surface area contributed by atoms with E-state index in [4.69, 9.17) is 0 Å². The first kappa shape index (κ1) is 24.1. The van der Waals surface area contributed by atoms with Crippen molar-refractivity contribution in [3.05, 3.63) is 44.6 Å². The summed E-state index contributed by atoms with van der Waals surface area (Å²) < 4.78 is 1.82. The molecule has 2 unspecified atom stereocenters. The maximum absolute atomic E-state index is 2.54. The SMILES string of the molecule is CC1=C2CCC3=C(C)[CH]([Zr+2][CH]1C1=C2C(C)(C)CCC1)C1=C3C(C)(C)CCC1.[Cl-].[Cl-]. The third-order valence-electron chi connectivity index (χ3n) is 8.57. The molecule has 0 aromatic carbocycles. The number of hydrogen-bond acceptors (Lipinski definition) is 0. The second-order valence-corrected chi connectivity index (χ2v) is 14.8. The minimum Gasteiger partial charge on any atom is -1.00 e. The minimum atomic E-state index is -0.569. The Morgan fingerprint density at radius 3 is 1.41 bits per heavy atom. The number of halogens is 2. The van der Waals surface area contributed by atoms with Crippen LogP contribution in [0, 0.1) is 10.8 Å². The molecule has 0 spiro atoms. The van der Waals surface area contributed by atoms with Crippen LogP contribution in [0.25, 0.3) is 0 Å². The van der Waals surface area contributed by atoms with Crippen molar-refractivity contribution in [1.29, 1.82) is 0 Å². The normalized spacial score (nSPS) is 31.5. The second-order valence-electron chi connectivity index (χ2n) is 11.1. The van der Waals surface area contributed by atoms with Crippen LogP contribution in [0.1, 0.15) is 92.9 Å². The Balaban J connectivity index is 0.00000120. The van der Waals surface area contributed by atoms with Gasteiger partial charge in [0.15, 0.2) is 0 Å². The summed E-state index contributed by atoms with van der Waals surface area (Å²) in [7, 11) is 0. The van der Waals surface area contributed by atoms with E-state index in [2.05, 4.69) is 41.5 Å². The molecule has 5 aliphatic rings. The Morgan fingerprint density at radius 1 is 0.655 bits per heavy atom. The summed E-state index contributed by atoms with van der Waals surface area (Å²) in [5.41, 5.74) is 15.7. The molecule has 0 N–H and O–H groups in total. The van der Waals surface area contributed by atoms with Crippen LogP contribution in [0.3, 0.4) is 0 Å². The maximum atomic E-state index is 2.54. The third kappa shape index (κ3) is 3.49. The molecule has 0 aromatic rings. The molecule has 0 nitrogen and oxygen atoms in total. The van der Waals surface area contributed by atoms with Gasteiger partial charge >= 0.3 is 179 Å². The molecular weight excluding hydrogens is 474 g/mol. The second kappa shape index (κ2) is 8.08. The molecule has 0 fully saturated rings. The molecule has 4 aliphatic carbocycles. The quantitative estimate of drug-likeness (QED) is 0.469. The molecule has 158 valence electrons. The van der Waals surface area contributed by atoms with Gasteiger partial charge in [-0.15, -0.1) is 0 Å². The van der Waals surface area contributed by atoms with Gasteiger partial charge < -0.3 is 24.8 Å². The van der Waals surface area contributed by atoms with Crippen LogP contribution >= 0.6 is 0 Å². The molecule has 0 saturated carbocycles. The molecule has 29 heavy (non-hydrogen) atoms. The molecule has 5 rings (SSSR count). The summed E-state index contributed by atoms with van der Waals surface area (Å²) in [6.07, 6.45) is 11.1. The summed E-state index contributed by atoms with van der Waals surface area (Å²) in [5.74, 6) is 0. The first-order valence-electron chi connectivity index (χ1n) is 11.4.